The van der Waals surface area contributed by atoms with E-state index >= 15 is 0 Å². The molecule has 1 aromatic rings. The normalized spacial score (nSPS) is 10.1. The van der Waals surface area contributed by atoms with Crippen molar-refractivity contribution < 1.29 is 19.1 Å². The fourth-order valence-corrected chi connectivity index (χ4v) is 1.46. The number of anilines is 1. The Hall–Kier alpha value is -1.95. The minimum absolute atomic E-state index is 0.185. The van der Waals surface area contributed by atoms with Crippen molar-refractivity contribution >= 4 is 17.6 Å². The minimum Gasteiger partial charge on any atom is -0.478 e. The van der Waals surface area contributed by atoms with Crippen molar-refractivity contribution in [2.24, 2.45) is 5.73 Å². The van der Waals surface area contributed by atoms with E-state index in [1.807, 2.05) is 0 Å². The number of carbonyl (C=O) groups excluding carboxylic acids is 1. The molecule has 98 valence electrons. The quantitative estimate of drug-likeness (QED) is 0.672. The standard InChI is InChI=1S/C12H15FN2O3/c13-9-5-3-4-8(12(17)18)11(9)15-10(16)6-1-2-7-14/h3-5H,1-2,6-7,14H2,(H,15,16)(H,17,18). The lowest BCUT2D eigenvalue weighted by Crippen LogP contribution is -2.16. The second-order valence-corrected chi connectivity index (χ2v) is 3.76. The maximum Gasteiger partial charge on any atom is 0.337 e. The highest BCUT2D eigenvalue weighted by atomic mass is 19.1. The van der Waals surface area contributed by atoms with Crippen molar-refractivity contribution in [3.8, 4) is 0 Å². The number of para-hydroxylation sites is 1. The Labute approximate surface area is 104 Å². The van der Waals surface area contributed by atoms with E-state index in [-0.39, 0.29) is 17.7 Å². The molecule has 0 saturated carbocycles. The maximum absolute atomic E-state index is 13.5. The topological polar surface area (TPSA) is 92.4 Å². The summed E-state index contributed by atoms with van der Waals surface area (Å²) in [7, 11) is 0. The van der Waals surface area contributed by atoms with Crippen LogP contribution in [0.4, 0.5) is 10.1 Å². The Balaban J connectivity index is 2.77. The lowest BCUT2D eigenvalue weighted by molar-refractivity contribution is -0.116. The molecule has 0 aliphatic rings. The zero-order chi connectivity index (χ0) is 13.5. The Morgan fingerprint density at radius 1 is 1.33 bits per heavy atom. The lowest BCUT2D eigenvalue weighted by atomic mass is 10.1. The van der Waals surface area contributed by atoms with Crippen LogP contribution in [0.15, 0.2) is 18.2 Å². The van der Waals surface area contributed by atoms with E-state index in [1.54, 1.807) is 0 Å². The summed E-state index contributed by atoms with van der Waals surface area (Å²) in [6, 6.07) is 3.62. The number of nitrogens with two attached hydrogens (primary N) is 1. The number of unbranched alkanes of at least 4 members (excludes halogenated alkanes) is 1. The molecule has 1 rings (SSSR count). The summed E-state index contributed by atoms with van der Waals surface area (Å²) < 4.78 is 13.5. The highest BCUT2D eigenvalue weighted by Gasteiger charge is 2.16. The van der Waals surface area contributed by atoms with Crippen LogP contribution in [0.2, 0.25) is 0 Å². The molecule has 0 atom stereocenters. The van der Waals surface area contributed by atoms with Gasteiger partial charge in [0.25, 0.3) is 0 Å². The first kappa shape index (κ1) is 14.1. The molecule has 0 saturated heterocycles. The first-order valence-electron chi connectivity index (χ1n) is 5.58. The largest absolute Gasteiger partial charge is 0.478 e. The number of aromatic carboxylic acids is 1. The molecule has 4 N–H and O–H groups in total. The van der Waals surface area contributed by atoms with Crippen LogP contribution in [0.3, 0.4) is 0 Å². The van der Waals surface area contributed by atoms with Crippen molar-refractivity contribution in [2.75, 3.05) is 11.9 Å². The lowest BCUT2D eigenvalue weighted by Gasteiger charge is -2.09. The average molecular weight is 254 g/mol. The van der Waals surface area contributed by atoms with Gasteiger partial charge in [-0.25, -0.2) is 9.18 Å². The minimum atomic E-state index is -1.29. The fourth-order valence-electron chi connectivity index (χ4n) is 1.46. The molecule has 0 aliphatic carbocycles. The summed E-state index contributed by atoms with van der Waals surface area (Å²) in [5.41, 5.74) is 4.73. The molecule has 6 heteroatoms. The summed E-state index contributed by atoms with van der Waals surface area (Å²) in [4.78, 5) is 22.4. The van der Waals surface area contributed by atoms with Gasteiger partial charge in [0.1, 0.15) is 5.82 Å². The Kier molecular flexibility index (Phi) is 5.26. The zero-order valence-corrected chi connectivity index (χ0v) is 9.78. The van der Waals surface area contributed by atoms with E-state index in [9.17, 15) is 14.0 Å². The van der Waals surface area contributed by atoms with Gasteiger partial charge >= 0.3 is 5.97 Å². The fraction of sp³-hybridized carbons (Fsp3) is 0.333. The predicted octanol–water partition coefficient (Wildman–Crippen LogP) is 1.59. The third-order valence-electron chi connectivity index (χ3n) is 2.37. The third-order valence-corrected chi connectivity index (χ3v) is 2.37. The van der Waals surface area contributed by atoms with Crippen LogP contribution < -0.4 is 11.1 Å². The number of benzene rings is 1. The summed E-state index contributed by atoms with van der Waals surface area (Å²) in [6.45, 7) is 0.480. The Morgan fingerprint density at radius 3 is 2.67 bits per heavy atom. The van der Waals surface area contributed by atoms with Gasteiger partial charge in [0.15, 0.2) is 0 Å². The van der Waals surface area contributed by atoms with E-state index in [0.29, 0.717) is 19.4 Å². The molecular weight excluding hydrogens is 239 g/mol. The second kappa shape index (κ2) is 6.70. The van der Waals surface area contributed by atoms with Gasteiger partial charge < -0.3 is 16.2 Å². The van der Waals surface area contributed by atoms with Gasteiger partial charge in [0.05, 0.1) is 11.3 Å². The van der Waals surface area contributed by atoms with Crippen LogP contribution in [-0.2, 0) is 4.79 Å². The number of carbonyl (C=O) groups is 2. The summed E-state index contributed by atoms with van der Waals surface area (Å²) >= 11 is 0. The number of carboxylic acid groups (broad SMARTS) is 1. The Bertz CT molecular complexity index is 449. The third kappa shape index (κ3) is 3.81. The SMILES string of the molecule is NCCCCC(=O)Nc1c(F)cccc1C(=O)O. The molecule has 18 heavy (non-hydrogen) atoms. The van der Waals surface area contributed by atoms with Gasteiger partial charge in [-0.15, -0.1) is 0 Å². The number of rotatable bonds is 6. The van der Waals surface area contributed by atoms with Crippen LogP contribution >= 0.6 is 0 Å². The number of amides is 1. The molecule has 1 aromatic carbocycles. The van der Waals surface area contributed by atoms with E-state index in [0.717, 1.165) is 6.07 Å². The van der Waals surface area contributed by atoms with Crippen molar-refractivity contribution in [2.45, 2.75) is 19.3 Å². The zero-order valence-electron chi connectivity index (χ0n) is 9.78. The molecule has 0 fully saturated rings. The van der Waals surface area contributed by atoms with Gasteiger partial charge in [-0.3, -0.25) is 4.79 Å². The first-order valence-corrected chi connectivity index (χ1v) is 5.58. The second-order valence-electron chi connectivity index (χ2n) is 3.76. The molecule has 0 aromatic heterocycles. The summed E-state index contributed by atoms with van der Waals surface area (Å²) in [5, 5.41) is 11.2. The highest BCUT2D eigenvalue weighted by Crippen LogP contribution is 2.20. The van der Waals surface area contributed by atoms with Crippen LogP contribution in [0.25, 0.3) is 0 Å². The summed E-state index contributed by atoms with van der Waals surface area (Å²) in [5.74, 6) is -2.47. The molecule has 0 unspecified atom stereocenters. The van der Waals surface area contributed by atoms with Gasteiger partial charge in [0, 0.05) is 6.42 Å². The number of hydrogen-bond acceptors (Lipinski definition) is 3. The molecule has 0 spiro atoms. The van der Waals surface area contributed by atoms with Crippen LogP contribution in [-0.4, -0.2) is 23.5 Å². The molecule has 0 bridgehead atoms. The van der Waals surface area contributed by atoms with Crippen LogP contribution in [0.5, 0.6) is 0 Å². The monoisotopic (exact) mass is 254 g/mol. The average Bonchev–Trinajstić information content (AvgIpc) is 2.31. The molecule has 1 amide bonds. The summed E-state index contributed by atoms with van der Waals surface area (Å²) in [6.07, 6.45) is 1.46. The Morgan fingerprint density at radius 2 is 2.06 bits per heavy atom. The number of halogens is 1. The van der Waals surface area contributed by atoms with Crippen LogP contribution in [0.1, 0.15) is 29.6 Å². The smallest absolute Gasteiger partial charge is 0.337 e. The first-order chi connectivity index (χ1) is 8.56. The molecular formula is C12H15FN2O3. The molecule has 0 heterocycles. The predicted molar refractivity (Wildman–Crippen MR) is 64.9 cm³/mol. The van der Waals surface area contributed by atoms with E-state index in [4.69, 9.17) is 10.8 Å². The highest BCUT2D eigenvalue weighted by molar-refractivity contribution is 6.00. The molecule has 0 radical (unpaired) electrons. The maximum atomic E-state index is 13.5. The molecule has 0 aliphatic heterocycles. The van der Waals surface area contributed by atoms with E-state index < -0.39 is 17.7 Å². The molecule has 5 nitrogen and oxygen atoms in total. The van der Waals surface area contributed by atoms with Crippen molar-refractivity contribution in [3.05, 3.63) is 29.6 Å². The van der Waals surface area contributed by atoms with Gasteiger partial charge in [-0.1, -0.05) is 6.07 Å². The van der Waals surface area contributed by atoms with Gasteiger partial charge in [0.2, 0.25) is 5.91 Å². The van der Waals surface area contributed by atoms with Crippen LogP contribution in [0, 0.1) is 5.82 Å². The number of nitrogens with one attached hydrogen (secondary N) is 1. The van der Waals surface area contributed by atoms with E-state index in [1.165, 1.54) is 12.1 Å². The van der Waals surface area contributed by atoms with Crippen molar-refractivity contribution in [3.63, 3.8) is 0 Å². The van der Waals surface area contributed by atoms with Crippen molar-refractivity contribution in [1.82, 2.24) is 0 Å². The van der Waals surface area contributed by atoms with Crippen molar-refractivity contribution in [1.29, 1.82) is 0 Å². The number of hydrogen-bond donors (Lipinski definition) is 3. The van der Waals surface area contributed by atoms with E-state index in [2.05, 4.69) is 5.32 Å². The van der Waals surface area contributed by atoms with Gasteiger partial charge in [-0.05, 0) is 31.5 Å². The van der Waals surface area contributed by atoms with Gasteiger partial charge in [-0.2, -0.15) is 0 Å². The number of carboxylic acids is 1.